The van der Waals surface area contributed by atoms with E-state index >= 15 is 0 Å². The van der Waals surface area contributed by atoms with E-state index in [1.165, 1.54) is 4.88 Å². The second-order valence-electron chi connectivity index (χ2n) is 2.64. The third-order valence-electron chi connectivity index (χ3n) is 1.70. The average Bonchev–Trinajstić information content (AvgIpc) is 2.64. The predicted octanol–water partition coefficient (Wildman–Crippen LogP) is 2.34. The lowest BCUT2D eigenvalue weighted by molar-refractivity contribution is 0.824. The highest BCUT2D eigenvalue weighted by Crippen LogP contribution is 2.21. The van der Waals surface area contributed by atoms with E-state index in [9.17, 15) is 0 Å². The van der Waals surface area contributed by atoms with Crippen LogP contribution in [0, 0.1) is 0 Å². The molecule has 0 aromatic carbocycles. The van der Waals surface area contributed by atoms with Crippen LogP contribution < -0.4 is 5.73 Å². The van der Waals surface area contributed by atoms with E-state index in [0.29, 0.717) is 5.95 Å². The average molecular weight is 258 g/mol. The van der Waals surface area contributed by atoms with Crippen LogP contribution in [0.2, 0.25) is 0 Å². The van der Waals surface area contributed by atoms with Crippen LogP contribution in [0.4, 0.5) is 5.95 Å². The fraction of sp³-hybridized carbons (Fsp3) is 0.125. The summed E-state index contributed by atoms with van der Waals surface area (Å²) in [6.45, 7) is 0.794. The molecule has 0 saturated heterocycles. The number of nitrogens with two attached hydrogens (primary N) is 1. The van der Waals surface area contributed by atoms with Gasteiger partial charge in [-0.3, -0.25) is 0 Å². The van der Waals surface area contributed by atoms with Gasteiger partial charge in [0.15, 0.2) is 5.95 Å². The fourth-order valence-electron chi connectivity index (χ4n) is 1.08. The second kappa shape index (κ2) is 3.51. The zero-order valence-corrected chi connectivity index (χ0v) is 9.18. The van der Waals surface area contributed by atoms with Crippen molar-refractivity contribution in [3.63, 3.8) is 0 Å². The molecule has 2 N–H and O–H groups in total. The Morgan fingerprint density at radius 3 is 3.00 bits per heavy atom. The van der Waals surface area contributed by atoms with Crippen LogP contribution in [0.25, 0.3) is 0 Å². The molecule has 2 rings (SSSR count). The largest absolute Gasteiger partial charge is 0.369 e. The van der Waals surface area contributed by atoms with Crippen molar-refractivity contribution in [2.75, 3.05) is 5.73 Å². The smallest absolute Gasteiger partial charge is 0.200 e. The number of hydrogen-bond acceptors (Lipinski definition) is 3. The van der Waals surface area contributed by atoms with Gasteiger partial charge < -0.3 is 10.3 Å². The normalized spacial score (nSPS) is 10.5. The Morgan fingerprint density at radius 2 is 2.46 bits per heavy atom. The molecule has 2 heterocycles. The molecule has 0 radical (unpaired) electrons. The molecule has 5 heteroatoms. The molecule has 0 aliphatic heterocycles. The number of thiophene rings is 1. The predicted molar refractivity (Wildman–Crippen MR) is 57.8 cm³/mol. The quantitative estimate of drug-likeness (QED) is 0.898. The Kier molecular flexibility index (Phi) is 2.37. The topological polar surface area (TPSA) is 43.8 Å². The molecule has 0 bridgehead atoms. The van der Waals surface area contributed by atoms with Gasteiger partial charge in [0, 0.05) is 27.1 Å². The maximum atomic E-state index is 5.64. The number of rotatable bonds is 2. The second-order valence-corrected chi connectivity index (χ2v) is 4.56. The molecular formula is C8H8BrN3S. The highest BCUT2D eigenvalue weighted by Gasteiger charge is 2.01. The van der Waals surface area contributed by atoms with Gasteiger partial charge in [-0.15, -0.1) is 11.3 Å². The maximum absolute atomic E-state index is 5.64. The van der Waals surface area contributed by atoms with Crippen molar-refractivity contribution < 1.29 is 0 Å². The van der Waals surface area contributed by atoms with Gasteiger partial charge in [0.25, 0.3) is 0 Å². The van der Waals surface area contributed by atoms with Crippen molar-refractivity contribution in [3.05, 3.63) is 33.2 Å². The molecule has 0 saturated carbocycles. The van der Waals surface area contributed by atoms with E-state index in [-0.39, 0.29) is 0 Å². The highest BCUT2D eigenvalue weighted by atomic mass is 79.9. The molecule has 0 fully saturated rings. The monoisotopic (exact) mass is 257 g/mol. The number of nitrogens with zero attached hydrogens (tertiary/aromatic N) is 2. The summed E-state index contributed by atoms with van der Waals surface area (Å²) in [6.07, 6.45) is 3.58. The van der Waals surface area contributed by atoms with E-state index in [2.05, 4.69) is 32.4 Å². The van der Waals surface area contributed by atoms with Gasteiger partial charge in [-0.2, -0.15) is 0 Å². The van der Waals surface area contributed by atoms with E-state index in [4.69, 9.17) is 5.73 Å². The Bertz CT molecular complexity index is 407. The summed E-state index contributed by atoms with van der Waals surface area (Å²) in [4.78, 5) is 5.21. The van der Waals surface area contributed by atoms with Gasteiger partial charge in [0.05, 0.1) is 6.54 Å². The van der Waals surface area contributed by atoms with Crippen LogP contribution in [-0.4, -0.2) is 9.55 Å². The molecule has 0 unspecified atom stereocenters. The van der Waals surface area contributed by atoms with Crippen molar-refractivity contribution in [1.29, 1.82) is 0 Å². The first-order valence-electron chi connectivity index (χ1n) is 3.75. The minimum absolute atomic E-state index is 0.560. The number of hydrogen-bond donors (Lipinski definition) is 1. The first-order chi connectivity index (χ1) is 6.25. The maximum Gasteiger partial charge on any atom is 0.200 e. The molecule has 13 heavy (non-hydrogen) atoms. The van der Waals surface area contributed by atoms with Crippen LogP contribution in [0.5, 0.6) is 0 Å². The summed E-state index contributed by atoms with van der Waals surface area (Å²) in [5.74, 6) is 0.560. The minimum atomic E-state index is 0.560. The zero-order valence-electron chi connectivity index (χ0n) is 6.77. The van der Waals surface area contributed by atoms with Crippen molar-refractivity contribution in [2.24, 2.45) is 0 Å². The Hall–Kier alpha value is -0.810. The first-order valence-corrected chi connectivity index (χ1v) is 5.42. The van der Waals surface area contributed by atoms with Crippen molar-refractivity contribution in [1.82, 2.24) is 9.55 Å². The van der Waals surface area contributed by atoms with Gasteiger partial charge in [0.2, 0.25) is 0 Å². The van der Waals surface area contributed by atoms with E-state index in [0.717, 1.165) is 11.0 Å². The van der Waals surface area contributed by atoms with Crippen LogP contribution in [0.3, 0.4) is 0 Å². The van der Waals surface area contributed by atoms with Crippen molar-refractivity contribution >= 4 is 33.2 Å². The van der Waals surface area contributed by atoms with Gasteiger partial charge in [-0.05, 0) is 22.0 Å². The SMILES string of the molecule is Nc1nccn1Cc1cc(Br)cs1. The number of anilines is 1. The molecule has 68 valence electrons. The highest BCUT2D eigenvalue weighted by molar-refractivity contribution is 9.10. The third-order valence-corrected chi connectivity index (χ3v) is 3.38. The number of imidazole rings is 1. The standard InChI is InChI=1S/C8H8BrN3S/c9-6-3-7(13-5-6)4-12-2-1-11-8(12)10/h1-3,5H,4H2,(H2,10,11). The molecular weight excluding hydrogens is 250 g/mol. The van der Waals surface area contributed by atoms with E-state index in [1.807, 2.05) is 10.8 Å². The third kappa shape index (κ3) is 1.92. The Labute approximate surface area is 88.3 Å². The molecule has 0 amide bonds. The first kappa shape index (κ1) is 8.77. The van der Waals surface area contributed by atoms with E-state index < -0.39 is 0 Å². The fourth-order valence-corrected chi connectivity index (χ4v) is 2.53. The molecule has 0 aliphatic carbocycles. The van der Waals surface area contributed by atoms with E-state index in [1.54, 1.807) is 17.5 Å². The van der Waals surface area contributed by atoms with Gasteiger partial charge >= 0.3 is 0 Å². The van der Waals surface area contributed by atoms with Crippen LogP contribution in [-0.2, 0) is 6.54 Å². The number of nitrogen functional groups attached to an aromatic ring is 1. The van der Waals surface area contributed by atoms with Crippen molar-refractivity contribution in [2.45, 2.75) is 6.54 Å². The summed E-state index contributed by atoms with van der Waals surface area (Å²) in [5, 5.41) is 2.06. The van der Waals surface area contributed by atoms with Gasteiger partial charge in [-0.1, -0.05) is 0 Å². The number of aromatic nitrogens is 2. The molecule has 3 nitrogen and oxygen atoms in total. The summed E-state index contributed by atoms with van der Waals surface area (Å²) in [6, 6.07) is 2.09. The summed E-state index contributed by atoms with van der Waals surface area (Å²) >= 11 is 5.11. The van der Waals surface area contributed by atoms with Gasteiger partial charge in [0.1, 0.15) is 0 Å². The number of halogens is 1. The molecule has 0 spiro atoms. The summed E-state index contributed by atoms with van der Waals surface area (Å²) in [7, 11) is 0. The summed E-state index contributed by atoms with van der Waals surface area (Å²) in [5.41, 5.74) is 5.64. The Balaban J connectivity index is 2.19. The molecule has 2 aromatic heterocycles. The lowest BCUT2D eigenvalue weighted by Gasteiger charge is -2.00. The molecule has 0 aliphatic rings. The lowest BCUT2D eigenvalue weighted by atomic mass is 10.4. The summed E-state index contributed by atoms with van der Waals surface area (Å²) < 4.78 is 3.03. The van der Waals surface area contributed by atoms with Crippen LogP contribution in [0.15, 0.2) is 28.3 Å². The van der Waals surface area contributed by atoms with Crippen LogP contribution >= 0.6 is 27.3 Å². The molecule has 2 aromatic rings. The zero-order chi connectivity index (χ0) is 9.26. The molecule has 0 atom stereocenters. The van der Waals surface area contributed by atoms with Crippen molar-refractivity contribution in [3.8, 4) is 0 Å². The minimum Gasteiger partial charge on any atom is -0.369 e. The van der Waals surface area contributed by atoms with Gasteiger partial charge in [-0.25, -0.2) is 4.98 Å². The Morgan fingerprint density at radius 1 is 1.62 bits per heavy atom. The lowest BCUT2D eigenvalue weighted by Crippen LogP contribution is -2.01. The van der Waals surface area contributed by atoms with Crippen LogP contribution in [0.1, 0.15) is 4.88 Å².